The minimum Gasteiger partial charge on any atom is -0.165 e. The summed E-state index contributed by atoms with van der Waals surface area (Å²) in [6.45, 7) is 0. The molecule has 4 heteroatoms. The van der Waals surface area contributed by atoms with Crippen molar-refractivity contribution in [3.8, 4) is 0 Å². The normalized spacial score (nSPS) is 13.1. The second-order valence-electron chi connectivity index (χ2n) is 3.56. The van der Waals surface area contributed by atoms with Crippen molar-refractivity contribution in [1.82, 2.24) is 0 Å². The first-order valence-corrected chi connectivity index (χ1v) is 5.28. The molecule has 2 aromatic rings. The monoisotopic (exact) mass is 256 g/mol. The van der Waals surface area contributed by atoms with Gasteiger partial charge in [0.2, 0.25) is 0 Å². The van der Waals surface area contributed by atoms with Crippen molar-refractivity contribution in [3.05, 3.63) is 53.1 Å². The third kappa shape index (κ3) is 2.61. The lowest BCUT2D eigenvalue weighted by Crippen LogP contribution is -2.06. The molecule has 0 aliphatic rings. The van der Waals surface area contributed by atoms with E-state index in [0.717, 1.165) is 16.8 Å². The van der Waals surface area contributed by atoms with Crippen LogP contribution in [0.25, 0.3) is 16.8 Å². The van der Waals surface area contributed by atoms with Crippen LogP contribution in [0.2, 0.25) is 0 Å². The van der Waals surface area contributed by atoms with Crippen LogP contribution in [0.3, 0.4) is 0 Å². The van der Waals surface area contributed by atoms with Crippen molar-refractivity contribution >= 4 is 28.4 Å². The summed E-state index contributed by atoms with van der Waals surface area (Å²) in [6, 6.07) is 12.4. The van der Waals surface area contributed by atoms with Crippen molar-refractivity contribution < 1.29 is 13.2 Å². The molecule has 0 unspecified atom stereocenters. The first kappa shape index (κ1) is 12.0. The van der Waals surface area contributed by atoms with E-state index in [2.05, 4.69) is 0 Å². The first-order chi connectivity index (χ1) is 7.98. The SMILES string of the molecule is FC(F)(F)C(Cl)=Cc1cccc2ccccc12. The van der Waals surface area contributed by atoms with Gasteiger partial charge in [0.25, 0.3) is 0 Å². The van der Waals surface area contributed by atoms with Gasteiger partial charge in [0.05, 0.1) is 0 Å². The highest BCUT2D eigenvalue weighted by atomic mass is 35.5. The van der Waals surface area contributed by atoms with Crippen LogP contribution in [0.5, 0.6) is 0 Å². The van der Waals surface area contributed by atoms with Crippen LogP contribution >= 0.6 is 11.6 Å². The van der Waals surface area contributed by atoms with E-state index >= 15 is 0 Å². The summed E-state index contributed by atoms with van der Waals surface area (Å²) in [5, 5.41) is 0.513. The molecular formula is C13H8ClF3. The Kier molecular flexibility index (Phi) is 3.11. The van der Waals surface area contributed by atoms with Crippen molar-refractivity contribution in [1.29, 1.82) is 0 Å². The molecule has 0 radical (unpaired) electrons. The van der Waals surface area contributed by atoms with Gasteiger partial charge in [0, 0.05) is 0 Å². The quantitative estimate of drug-likeness (QED) is 0.675. The Hall–Kier alpha value is -1.48. The Morgan fingerprint density at radius 2 is 1.65 bits per heavy atom. The maximum absolute atomic E-state index is 12.3. The van der Waals surface area contributed by atoms with Gasteiger partial charge in [0.15, 0.2) is 0 Å². The molecule has 0 spiro atoms. The topological polar surface area (TPSA) is 0 Å². The first-order valence-electron chi connectivity index (χ1n) is 4.90. The van der Waals surface area contributed by atoms with Crippen LogP contribution < -0.4 is 0 Å². The second-order valence-corrected chi connectivity index (χ2v) is 3.97. The van der Waals surface area contributed by atoms with Gasteiger partial charge < -0.3 is 0 Å². The molecule has 0 bridgehead atoms. The number of fused-ring (bicyclic) bond motifs is 1. The van der Waals surface area contributed by atoms with Crippen molar-refractivity contribution in [2.45, 2.75) is 6.18 Å². The lowest BCUT2D eigenvalue weighted by molar-refractivity contribution is -0.0836. The summed E-state index contributed by atoms with van der Waals surface area (Å²) < 4.78 is 37.0. The maximum atomic E-state index is 12.3. The molecule has 0 aliphatic heterocycles. The summed E-state index contributed by atoms with van der Waals surface area (Å²) in [5.74, 6) is 0. The molecule has 0 aliphatic carbocycles. The average Bonchev–Trinajstić information content (AvgIpc) is 2.28. The number of hydrogen-bond donors (Lipinski definition) is 0. The van der Waals surface area contributed by atoms with Gasteiger partial charge >= 0.3 is 6.18 Å². The molecule has 0 heterocycles. The fraction of sp³-hybridized carbons (Fsp3) is 0.0769. The van der Waals surface area contributed by atoms with Crippen LogP contribution in [-0.4, -0.2) is 6.18 Å². The fourth-order valence-corrected chi connectivity index (χ4v) is 1.71. The van der Waals surface area contributed by atoms with Crippen LogP contribution in [0.4, 0.5) is 13.2 Å². The molecule has 2 aromatic carbocycles. The minimum absolute atomic E-state index is 0.463. The molecule has 0 aromatic heterocycles. The molecular weight excluding hydrogens is 249 g/mol. The van der Waals surface area contributed by atoms with Crippen molar-refractivity contribution in [2.75, 3.05) is 0 Å². The number of halogens is 4. The Labute approximate surface area is 101 Å². The highest BCUT2D eigenvalue weighted by Crippen LogP contribution is 2.31. The summed E-state index contributed by atoms with van der Waals surface area (Å²) in [6.07, 6.45) is -3.55. The fourth-order valence-electron chi connectivity index (χ4n) is 1.59. The number of benzene rings is 2. The molecule has 0 amide bonds. The van der Waals surface area contributed by atoms with E-state index < -0.39 is 11.2 Å². The summed E-state index contributed by atoms with van der Waals surface area (Å²) >= 11 is 5.23. The second kappa shape index (κ2) is 4.41. The zero-order valence-corrected chi connectivity index (χ0v) is 9.39. The van der Waals surface area contributed by atoms with Crippen LogP contribution in [0.1, 0.15) is 5.56 Å². The van der Waals surface area contributed by atoms with Gasteiger partial charge in [-0.25, -0.2) is 0 Å². The molecule has 0 saturated heterocycles. The molecule has 88 valence electrons. The standard InChI is InChI=1S/C13H8ClF3/c14-12(13(15,16)17)8-10-6-3-5-9-4-1-2-7-11(9)10/h1-8H. The summed E-state index contributed by atoms with van der Waals surface area (Å²) in [7, 11) is 0. The third-order valence-electron chi connectivity index (χ3n) is 2.38. The number of alkyl halides is 3. The van der Waals surface area contributed by atoms with Crippen molar-refractivity contribution in [2.24, 2.45) is 0 Å². The van der Waals surface area contributed by atoms with Gasteiger partial charge in [-0.2, -0.15) is 13.2 Å². The Balaban J connectivity index is 2.57. The molecule has 0 fully saturated rings. The lowest BCUT2D eigenvalue weighted by atomic mass is 10.0. The minimum atomic E-state index is -4.50. The van der Waals surface area contributed by atoms with E-state index in [1.165, 1.54) is 0 Å². The van der Waals surface area contributed by atoms with Gasteiger partial charge in [-0.1, -0.05) is 54.1 Å². The molecule has 0 N–H and O–H groups in total. The number of rotatable bonds is 1. The molecule has 0 atom stereocenters. The summed E-state index contributed by atoms with van der Waals surface area (Å²) in [4.78, 5) is 0. The predicted octanol–water partition coefficient (Wildman–Crippen LogP) is 4.98. The van der Waals surface area contributed by atoms with E-state index in [9.17, 15) is 13.2 Å². The number of hydrogen-bond acceptors (Lipinski definition) is 0. The van der Waals surface area contributed by atoms with E-state index in [0.29, 0.717) is 5.56 Å². The van der Waals surface area contributed by atoms with E-state index in [4.69, 9.17) is 11.6 Å². The number of allylic oxidation sites excluding steroid dienone is 1. The zero-order valence-electron chi connectivity index (χ0n) is 8.63. The third-order valence-corrected chi connectivity index (χ3v) is 2.70. The van der Waals surface area contributed by atoms with Gasteiger partial charge in [-0.3, -0.25) is 0 Å². The van der Waals surface area contributed by atoms with Crippen LogP contribution in [0, 0.1) is 0 Å². The van der Waals surface area contributed by atoms with E-state index in [1.54, 1.807) is 24.3 Å². The zero-order chi connectivity index (χ0) is 12.5. The predicted molar refractivity (Wildman–Crippen MR) is 63.8 cm³/mol. The van der Waals surface area contributed by atoms with Crippen molar-refractivity contribution in [3.63, 3.8) is 0 Å². The lowest BCUT2D eigenvalue weighted by Gasteiger charge is -2.06. The summed E-state index contributed by atoms with van der Waals surface area (Å²) in [5.41, 5.74) is 0.463. The highest BCUT2D eigenvalue weighted by Gasteiger charge is 2.32. The Bertz CT molecular complexity index is 565. The molecule has 0 saturated carbocycles. The van der Waals surface area contributed by atoms with Crippen LogP contribution in [-0.2, 0) is 0 Å². The Morgan fingerprint density at radius 3 is 2.35 bits per heavy atom. The largest absolute Gasteiger partial charge is 0.426 e. The van der Waals surface area contributed by atoms with E-state index in [-0.39, 0.29) is 0 Å². The van der Waals surface area contributed by atoms with Gasteiger partial charge in [0.1, 0.15) is 5.03 Å². The van der Waals surface area contributed by atoms with Gasteiger partial charge in [-0.05, 0) is 22.4 Å². The molecule has 0 nitrogen and oxygen atoms in total. The maximum Gasteiger partial charge on any atom is 0.426 e. The Morgan fingerprint density at radius 1 is 1.00 bits per heavy atom. The smallest absolute Gasteiger partial charge is 0.165 e. The van der Waals surface area contributed by atoms with Gasteiger partial charge in [-0.15, -0.1) is 0 Å². The van der Waals surface area contributed by atoms with Crippen LogP contribution in [0.15, 0.2) is 47.5 Å². The molecule has 17 heavy (non-hydrogen) atoms. The average molecular weight is 257 g/mol. The highest BCUT2D eigenvalue weighted by molar-refractivity contribution is 6.32. The van der Waals surface area contributed by atoms with E-state index in [1.807, 2.05) is 18.2 Å². The molecule has 2 rings (SSSR count).